The highest BCUT2D eigenvalue weighted by molar-refractivity contribution is 5.94. The van der Waals surface area contributed by atoms with Crippen LogP contribution in [0.3, 0.4) is 0 Å². The molecule has 0 radical (unpaired) electrons. The minimum absolute atomic E-state index is 0.129. The standard InChI is InChI=1S/C16H16F2N2O/c1-10-2-4-11(5-3-10)6-7-15(21)20-16-13(18)8-12(17)9-14(16)19/h2-5,8-9H,6-7,19H2,1H3,(H,20,21). The number of amides is 1. The van der Waals surface area contributed by atoms with Crippen LogP contribution in [0.1, 0.15) is 17.5 Å². The van der Waals surface area contributed by atoms with Crippen molar-refractivity contribution in [3.63, 3.8) is 0 Å². The van der Waals surface area contributed by atoms with E-state index in [-0.39, 0.29) is 23.7 Å². The number of benzene rings is 2. The first-order valence-corrected chi connectivity index (χ1v) is 6.55. The smallest absolute Gasteiger partial charge is 0.224 e. The molecular weight excluding hydrogens is 274 g/mol. The Morgan fingerprint density at radius 2 is 1.86 bits per heavy atom. The third-order valence-electron chi connectivity index (χ3n) is 3.11. The van der Waals surface area contributed by atoms with E-state index in [1.165, 1.54) is 0 Å². The van der Waals surface area contributed by atoms with Gasteiger partial charge in [-0.25, -0.2) is 8.78 Å². The number of aryl methyl sites for hydroxylation is 2. The summed E-state index contributed by atoms with van der Waals surface area (Å²) in [6.07, 6.45) is 0.730. The lowest BCUT2D eigenvalue weighted by Gasteiger charge is -2.09. The summed E-state index contributed by atoms with van der Waals surface area (Å²) >= 11 is 0. The van der Waals surface area contributed by atoms with Crippen molar-refractivity contribution in [3.05, 3.63) is 59.2 Å². The number of rotatable bonds is 4. The van der Waals surface area contributed by atoms with Crippen molar-refractivity contribution in [2.24, 2.45) is 0 Å². The summed E-state index contributed by atoms with van der Waals surface area (Å²) in [7, 11) is 0. The van der Waals surface area contributed by atoms with E-state index in [0.29, 0.717) is 12.5 Å². The van der Waals surface area contributed by atoms with Gasteiger partial charge in [-0.2, -0.15) is 0 Å². The average Bonchev–Trinajstić information content (AvgIpc) is 2.42. The maximum atomic E-state index is 13.5. The zero-order valence-electron chi connectivity index (χ0n) is 11.6. The van der Waals surface area contributed by atoms with Crippen molar-refractivity contribution in [3.8, 4) is 0 Å². The summed E-state index contributed by atoms with van der Waals surface area (Å²) in [6.45, 7) is 1.98. The van der Waals surface area contributed by atoms with Gasteiger partial charge in [-0.3, -0.25) is 4.79 Å². The molecule has 0 aliphatic heterocycles. The fourth-order valence-electron chi connectivity index (χ4n) is 1.94. The van der Waals surface area contributed by atoms with Crippen LogP contribution in [-0.2, 0) is 11.2 Å². The molecule has 0 fully saturated rings. The van der Waals surface area contributed by atoms with Gasteiger partial charge in [0.1, 0.15) is 11.5 Å². The Morgan fingerprint density at radius 3 is 2.48 bits per heavy atom. The van der Waals surface area contributed by atoms with Gasteiger partial charge in [-0.05, 0) is 25.0 Å². The zero-order chi connectivity index (χ0) is 15.4. The summed E-state index contributed by atoms with van der Waals surface area (Å²) in [5.41, 5.74) is 7.36. The average molecular weight is 290 g/mol. The lowest BCUT2D eigenvalue weighted by atomic mass is 10.1. The predicted molar refractivity (Wildman–Crippen MR) is 78.9 cm³/mol. The zero-order valence-corrected chi connectivity index (χ0v) is 11.6. The predicted octanol–water partition coefficient (Wildman–Crippen LogP) is 3.43. The van der Waals surface area contributed by atoms with Crippen LogP contribution in [0.25, 0.3) is 0 Å². The molecule has 110 valence electrons. The van der Waals surface area contributed by atoms with Crippen LogP contribution in [0.4, 0.5) is 20.2 Å². The van der Waals surface area contributed by atoms with Gasteiger partial charge >= 0.3 is 0 Å². The van der Waals surface area contributed by atoms with Crippen molar-refractivity contribution in [1.82, 2.24) is 0 Å². The molecule has 5 heteroatoms. The second-order valence-corrected chi connectivity index (χ2v) is 4.89. The molecule has 2 rings (SSSR count). The molecule has 21 heavy (non-hydrogen) atoms. The largest absolute Gasteiger partial charge is 0.397 e. The lowest BCUT2D eigenvalue weighted by molar-refractivity contribution is -0.116. The van der Waals surface area contributed by atoms with Crippen LogP contribution in [0, 0.1) is 18.6 Å². The summed E-state index contributed by atoms with van der Waals surface area (Å²) in [6, 6.07) is 9.46. The molecule has 0 heterocycles. The van der Waals surface area contributed by atoms with Crippen molar-refractivity contribution in [2.45, 2.75) is 19.8 Å². The highest BCUT2D eigenvalue weighted by atomic mass is 19.1. The fraction of sp³-hybridized carbons (Fsp3) is 0.188. The lowest BCUT2D eigenvalue weighted by Crippen LogP contribution is -2.15. The van der Waals surface area contributed by atoms with Crippen LogP contribution in [-0.4, -0.2) is 5.91 Å². The molecule has 0 aromatic heterocycles. The number of nitrogens with one attached hydrogen (secondary N) is 1. The molecule has 2 aromatic carbocycles. The Hall–Kier alpha value is -2.43. The number of nitrogens with two attached hydrogens (primary N) is 1. The number of carbonyl (C=O) groups excluding carboxylic acids is 1. The molecular formula is C16H16F2N2O. The molecule has 0 spiro atoms. The molecule has 0 atom stereocenters. The Bertz CT molecular complexity index is 631. The molecule has 0 saturated heterocycles. The van der Waals surface area contributed by atoms with Gasteiger partial charge in [0.05, 0.1) is 5.69 Å². The summed E-state index contributed by atoms with van der Waals surface area (Å²) < 4.78 is 26.5. The van der Waals surface area contributed by atoms with Crippen molar-refractivity contribution in [1.29, 1.82) is 0 Å². The van der Waals surface area contributed by atoms with Gasteiger partial charge in [-0.1, -0.05) is 29.8 Å². The highest BCUT2D eigenvalue weighted by Crippen LogP contribution is 2.24. The van der Waals surface area contributed by atoms with Crippen LogP contribution < -0.4 is 11.1 Å². The maximum Gasteiger partial charge on any atom is 0.224 e. The van der Waals surface area contributed by atoms with E-state index in [1.807, 2.05) is 31.2 Å². The van der Waals surface area contributed by atoms with Crippen molar-refractivity contribution < 1.29 is 13.6 Å². The van der Waals surface area contributed by atoms with E-state index in [4.69, 9.17) is 5.73 Å². The topological polar surface area (TPSA) is 55.1 Å². The molecule has 2 aromatic rings. The van der Waals surface area contributed by atoms with Crippen LogP contribution in [0.5, 0.6) is 0 Å². The number of nitrogen functional groups attached to an aromatic ring is 1. The second kappa shape index (κ2) is 6.35. The van der Waals surface area contributed by atoms with Crippen LogP contribution >= 0.6 is 0 Å². The molecule has 3 N–H and O–H groups in total. The van der Waals surface area contributed by atoms with E-state index in [9.17, 15) is 13.6 Å². The molecule has 3 nitrogen and oxygen atoms in total. The van der Waals surface area contributed by atoms with Crippen molar-refractivity contribution in [2.75, 3.05) is 11.1 Å². The molecule has 1 amide bonds. The molecule has 0 saturated carbocycles. The first-order valence-electron chi connectivity index (χ1n) is 6.55. The Morgan fingerprint density at radius 1 is 1.19 bits per heavy atom. The van der Waals surface area contributed by atoms with Gasteiger partial charge in [0.25, 0.3) is 0 Å². The highest BCUT2D eigenvalue weighted by Gasteiger charge is 2.12. The van der Waals surface area contributed by atoms with Gasteiger partial charge < -0.3 is 11.1 Å². The van der Waals surface area contributed by atoms with E-state index >= 15 is 0 Å². The van der Waals surface area contributed by atoms with Gasteiger partial charge in [-0.15, -0.1) is 0 Å². The first-order chi connectivity index (χ1) is 9.95. The third kappa shape index (κ3) is 4.02. The number of hydrogen-bond acceptors (Lipinski definition) is 2. The van der Waals surface area contributed by atoms with Gasteiger partial charge in [0, 0.05) is 12.5 Å². The normalized spacial score (nSPS) is 10.4. The summed E-state index contributed by atoms with van der Waals surface area (Å²) in [4.78, 5) is 11.8. The third-order valence-corrected chi connectivity index (χ3v) is 3.11. The molecule has 0 unspecified atom stereocenters. The monoisotopic (exact) mass is 290 g/mol. The SMILES string of the molecule is Cc1ccc(CCC(=O)Nc2c(N)cc(F)cc2F)cc1. The van der Waals surface area contributed by atoms with E-state index in [2.05, 4.69) is 5.32 Å². The van der Waals surface area contributed by atoms with Crippen LogP contribution in [0.15, 0.2) is 36.4 Å². The minimum Gasteiger partial charge on any atom is -0.397 e. The Balaban J connectivity index is 1.97. The number of anilines is 2. The molecule has 0 aliphatic carbocycles. The first kappa shape index (κ1) is 15.0. The second-order valence-electron chi connectivity index (χ2n) is 4.89. The Labute approximate surface area is 121 Å². The van der Waals surface area contributed by atoms with E-state index < -0.39 is 11.6 Å². The number of carbonyl (C=O) groups is 1. The van der Waals surface area contributed by atoms with Crippen molar-refractivity contribution >= 4 is 17.3 Å². The maximum absolute atomic E-state index is 13.5. The van der Waals surface area contributed by atoms with E-state index in [1.54, 1.807) is 0 Å². The van der Waals surface area contributed by atoms with Gasteiger partial charge in [0.2, 0.25) is 5.91 Å². The summed E-state index contributed by atoms with van der Waals surface area (Å²) in [5.74, 6) is -2.02. The number of halogens is 2. The number of hydrogen-bond donors (Lipinski definition) is 2. The molecule has 0 bridgehead atoms. The minimum atomic E-state index is -0.879. The van der Waals surface area contributed by atoms with Gasteiger partial charge in [0.15, 0.2) is 5.82 Å². The fourth-order valence-corrected chi connectivity index (χ4v) is 1.94. The summed E-state index contributed by atoms with van der Waals surface area (Å²) in [5, 5.41) is 2.38. The van der Waals surface area contributed by atoms with E-state index in [0.717, 1.165) is 17.2 Å². The van der Waals surface area contributed by atoms with Crippen LogP contribution in [0.2, 0.25) is 0 Å². The molecule has 0 aliphatic rings. The quantitative estimate of drug-likeness (QED) is 0.848. The Kier molecular flexibility index (Phi) is 4.52.